The van der Waals surface area contributed by atoms with Gasteiger partial charge in [-0.3, -0.25) is 19.8 Å². The molecule has 0 aliphatic heterocycles. The van der Waals surface area contributed by atoms with Crippen molar-refractivity contribution >= 4 is 0 Å². The van der Waals surface area contributed by atoms with Gasteiger partial charge in [-0.1, -0.05) is 48.5 Å². The number of rotatable bonds is 11. The minimum atomic E-state index is 0.131. The van der Waals surface area contributed by atoms with E-state index in [1.165, 1.54) is 0 Å². The van der Waals surface area contributed by atoms with Gasteiger partial charge in [-0.15, -0.1) is 0 Å². The number of aromatic hydroxyl groups is 2. The minimum Gasteiger partial charge on any atom is -0.508 e. The van der Waals surface area contributed by atoms with E-state index in [2.05, 4.69) is 26.7 Å². The van der Waals surface area contributed by atoms with E-state index in [1.54, 1.807) is 12.1 Å². The highest BCUT2D eigenvalue weighted by molar-refractivity contribution is 5.32. The quantitative estimate of drug-likeness (QED) is 0.323. The lowest BCUT2D eigenvalue weighted by atomic mass is 10.1. The summed E-state index contributed by atoms with van der Waals surface area (Å²) >= 11 is 0. The Bertz CT molecular complexity index is 1190. The van der Waals surface area contributed by atoms with Crippen LogP contribution in [0.1, 0.15) is 29.4 Å². The van der Waals surface area contributed by atoms with Gasteiger partial charge in [0.05, 0.1) is 11.4 Å². The fourth-order valence-corrected chi connectivity index (χ4v) is 4.21. The predicted octanol–water partition coefficient (Wildman–Crippen LogP) is 4.98. The molecule has 0 aliphatic carbocycles. The number of phenolic OH excluding ortho intramolecular Hbond substituents is 2. The van der Waals surface area contributed by atoms with Gasteiger partial charge >= 0.3 is 0 Å². The van der Waals surface area contributed by atoms with E-state index in [0.717, 1.165) is 29.1 Å². The lowest BCUT2D eigenvalue weighted by Crippen LogP contribution is -2.41. The average molecular weight is 469 g/mol. The van der Waals surface area contributed by atoms with E-state index >= 15 is 0 Å². The molecule has 0 aliphatic rings. The van der Waals surface area contributed by atoms with Gasteiger partial charge in [0, 0.05) is 62.3 Å². The number of phenols is 2. The molecule has 2 aromatic carbocycles. The van der Waals surface area contributed by atoms with Gasteiger partial charge in [-0.2, -0.15) is 0 Å². The van der Waals surface area contributed by atoms with Crippen molar-refractivity contribution in [2.24, 2.45) is 0 Å². The second-order valence-corrected chi connectivity index (χ2v) is 8.82. The number of para-hydroxylation sites is 2. The van der Waals surface area contributed by atoms with Gasteiger partial charge in [0.2, 0.25) is 0 Å². The Morgan fingerprint density at radius 2 is 1.14 bits per heavy atom. The second kappa shape index (κ2) is 12.1. The SMILES string of the molecule is CC(CN(Cc1ccccn1)Cc1ccccc1O)N(Cc1ccccn1)Cc1ccccc1O. The Morgan fingerprint density at radius 3 is 1.69 bits per heavy atom. The van der Waals surface area contributed by atoms with Crippen LogP contribution in [0.15, 0.2) is 97.3 Å². The molecule has 2 heterocycles. The maximum Gasteiger partial charge on any atom is 0.120 e. The number of hydrogen-bond donors (Lipinski definition) is 2. The average Bonchev–Trinajstić information content (AvgIpc) is 2.87. The number of aromatic nitrogens is 2. The lowest BCUT2D eigenvalue weighted by molar-refractivity contribution is 0.124. The van der Waals surface area contributed by atoms with Crippen LogP contribution in [0.2, 0.25) is 0 Å². The van der Waals surface area contributed by atoms with Gasteiger partial charge in [0.1, 0.15) is 11.5 Å². The molecular weight excluding hydrogens is 436 g/mol. The molecule has 6 heteroatoms. The third-order valence-electron chi connectivity index (χ3n) is 6.10. The molecule has 180 valence electrons. The Balaban J connectivity index is 1.57. The molecule has 0 fully saturated rings. The van der Waals surface area contributed by atoms with Gasteiger partial charge < -0.3 is 10.2 Å². The highest BCUT2D eigenvalue weighted by atomic mass is 16.3. The molecule has 2 aromatic heterocycles. The summed E-state index contributed by atoms with van der Waals surface area (Å²) in [5, 5.41) is 20.8. The van der Waals surface area contributed by atoms with Crippen LogP contribution in [-0.2, 0) is 26.2 Å². The summed E-state index contributed by atoms with van der Waals surface area (Å²) in [6.07, 6.45) is 3.62. The van der Waals surface area contributed by atoms with Crippen molar-refractivity contribution in [2.75, 3.05) is 6.54 Å². The highest BCUT2D eigenvalue weighted by Gasteiger charge is 2.21. The Kier molecular flexibility index (Phi) is 8.44. The molecule has 0 bridgehead atoms. The first-order valence-electron chi connectivity index (χ1n) is 11.9. The molecule has 0 radical (unpaired) electrons. The molecule has 6 nitrogen and oxygen atoms in total. The minimum absolute atomic E-state index is 0.131. The number of benzene rings is 2. The highest BCUT2D eigenvalue weighted by Crippen LogP contribution is 2.23. The molecule has 0 spiro atoms. The second-order valence-electron chi connectivity index (χ2n) is 8.82. The topological polar surface area (TPSA) is 72.7 Å². The standard InChI is InChI=1S/C29H32N4O2/c1-23(33(22-27-13-7-9-17-31-27)20-25-11-3-5-15-29(25)35)18-32(21-26-12-6-8-16-30-26)19-24-10-2-4-14-28(24)34/h2-17,23,34-35H,18-22H2,1H3. The molecule has 4 rings (SSSR count). The number of hydrogen-bond acceptors (Lipinski definition) is 6. The van der Waals surface area contributed by atoms with Crippen molar-refractivity contribution in [1.82, 2.24) is 19.8 Å². The molecular formula is C29H32N4O2. The van der Waals surface area contributed by atoms with Crippen LogP contribution in [-0.4, -0.2) is 42.6 Å². The molecule has 1 unspecified atom stereocenters. The van der Waals surface area contributed by atoms with Crippen LogP contribution >= 0.6 is 0 Å². The Hall–Kier alpha value is -3.74. The van der Waals surface area contributed by atoms with Crippen molar-refractivity contribution in [3.05, 3.63) is 120 Å². The largest absolute Gasteiger partial charge is 0.508 e. The van der Waals surface area contributed by atoms with Crippen molar-refractivity contribution in [1.29, 1.82) is 0 Å². The molecule has 35 heavy (non-hydrogen) atoms. The monoisotopic (exact) mass is 468 g/mol. The van der Waals surface area contributed by atoms with Crippen LogP contribution in [0.3, 0.4) is 0 Å². The molecule has 0 saturated heterocycles. The van der Waals surface area contributed by atoms with Crippen LogP contribution in [0.25, 0.3) is 0 Å². The summed E-state index contributed by atoms with van der Waals surface area (Å²) in [5.41, 5.74) is 3.72. The summed E-state index contributed by atoms with van der Waals surface area (Å²) < 4.78 is 0. The van der Waals surface area contributed by atoms with Gasteiger partial charge in [-0.25, -0.2) is 0 Å². The first-order valence-corrected chi connectivity index (χ1v) is 11.9. The first-order chi connectivity index (χ1) is 17.1. The summed E-state index contributed by atoms with van der Waals surface area (Å²) in [6, 6.07) is 27.0. The van der Waals surface area contributed by atoms with E-state index < -0.39 is 0 Å². The summed E-state index contributed by atoms with van der Waals surface area (Å²) in [4.78, 5) is 13.7. The molecule has 0 saturated carbocycles. The number of pyridine rings is 2. The molecule has 4 aromatic rings. The zero-order chi connectivity index (χ0) is 24.5. The van der Waals surface area contributed by atoms with Gasteiger partial charge in [0.15, 0.2) is 0 Å². The smallest absolute Gasteiger partial charge is 0.120 e. The predicted molar refractivity (Wildman–Crippen MR) is 138 cm³/mol. The van der Waals surface area contributed by atoms with E-state index in [0.29, 0.717) is 37.7 Å². The normalized spacial score (nSPS) is 12.2. The van der Waals surface area contributed by atoms with E-state index in [1.807, 2.05) is 85.2 Å². The van der Waals surface area contributed by atoms with Crippen molar-refractivity contribution in [2.45, 2.75) is 39.1 Å². The maximum absolute atomic E-state index is 10.4. The number of nitrogens with zero attached hydrogens (tertiary/aromatic N) is 4. The zero-order valence-corrected chi connectivity index (χ0v) is 20.0. The third-order valence-corrected chi connectivity index (χ3v) is 6.10. The third kappa shape index (κ3) is 7.12. The Morgan fingerprint density at radius 1 is 0.629 bits per heavy atom. The van der Waals surface area contributed by atoms with Crippen molar-refractivity contribution in [3.63, 3.8) is 0 Å². The van der Waals surface area contributed by atoms with Crippen molar-refractivity contribution in [3.8, 4) is 11.5 Å². The summed E-state index contributed by atoms with van der Waals surface area (Å²) in [7, 11) is 0. The summed E-state index contributed by atoms with van der Waals surface area (Å²) in [5.74, 6) is 0.594. The fourth-order valence-electron chi connectivity index (χ4n) is 4.21. The van der Waals surface area contributed by atoms with Crippen LogP contribution in [0.4, 0.5) is 0 Å². The zero-order valence-electron chi connectivity index (χ0n) is 20.0. The first kappa shape index (κ1) is 24.4. The lowest BCUT2D eigenvalue weighted by Gasteiger charge is -2.33. The Labute approximate surface area is 207 Å². The van der Waals surface area contributed by atoms with Gasteiger partial charge in [0.25, 0.3) is 0 Å². The maximum atomic E-state index is 10.4. The molecule has 1 atom stereocenters. The van der Waals surface area contributed by atoms with Crippen LogP contribution in [0, 0.1) is 0 Å². The van der Waals surface area contributed by atoms with Crippen LogP contribution in [0.5, 0.6) is 11.5 Å². The van der Waals surface area contributed by atoms with Gasteiger partial charge in [-0.05, 0) is 43.3 Å². The fraction of sp³-hybridized carbons (Fsp3) is 0.241. The summed E-state index contributed by atoms with van der Waals surface area (Å²) in [6.45, 7) is 5.45. The molecule has 2 N–H and O–H groups in total. The van der Waals surface area contributed by atoms with E-state index in [-0.39, 0.29) is 6.04 Å². The van der Waals surface area contributed by atoms with Crippen molar-refractivity contribution < 1.29 is 10.2 Å². The molecule has 0 amide bonds. The van der Waals surface area contributed by atoms with Crippen LogP contribution < -0.4 is 0 Å². The van der Waals surface area contributed by atoms with E-state index in [9.17, 15) is 10.2 Å². The van der Waals surface area contributed by atoms with E-state index in [4.69, 9.17) is 0 Å².